The highest BCUT2D eigenvalue weighted by Crippen LogP contribution is 2.46. The Kier molecular flexibility index (Phi) is 7.11. The molecule has 0 nitrogen and oxygen atoms in total. The highest BCUT2D eigenvalue weighted by Gasteiger charge is 2.30. The summed E-state index contributed by atoms with van der Waals surface area (Å²) in [6, 6.07) is 0. The molecule has 0 bridgehead atoms. The number of rotatable bonds is 4. The van der Waals surface area contributed by atoms with E-state index in [-0.39, 0.29) is 0 Å². The van der Waals surface area contributed by atoms with E-state index in [9.17, 15) is 0 Å². The van der Waals surface area contributed by atoms with Gasteiger partial charge in [0.25, 0.3) is 0 Å². The minimum absolute atomic E-state index is 1.06. The third-order valence-electron chi connectivity index (χ3n) is 6.20. The maximum absolute atomic E-state index is 2.34. The van der Waals surface area contributed by atoms with Crippen molar-refractivity contribution in [2.24, 2.45) is 17.8 Å². The second kappa shape index (κ2) is 9.06. The molecular weight excluding hydrogens is 304 g/mol. The Hall–Kier alpha value is 0.440. The third kappa shape index (κ3) is 4.72. The largest absolute Gasteiger partial charge is 0.119 e. The van der Waals surface area contributed by atoms with Crippen molar-refractivity contribution in [1.82, 2.24) is 0 Å². The van der Waals surface area contributed by atoms with Gasteiger partial charge in [-0.25, -0.2) is 0 Å². The van der Waals surface area contributed by atoms with Crippen LogP contribution in [-0.2, 0) is 0 Å². The second-order valence-corrected chi connectivity index (χ2v) is 10.2. The van der Waals surface area contributed by atoms with Crippen molar-refractivity contribution in [3.8, 4) is 0 Å². The molecule has 2 heteroatoms. The first-order chi connectivity index (χ1) is 10.9. The number of allylic oxidation sites excluding steroid dienone is 1. The first-order valence-electron chi connectivity index (χ1n) is 9.84. The van der Waals surface area contributed by atoms with Crippen LogP contribution in [0.3, 0.4) is 0 Å². The van der Waals surface area contributed by atoms with Crippen molar-refractivity contribution in [2.75, 3.05) is 11.5 Å². The molecule has 2 saturated carbocycles. The first-order valence-corrected chi connectivity index (χ1v) is 11.8. The molecular formula is C20H34S2. The zero-order valence-corrected chi connectivity index (χ0v) is 16.1. The van der Waals surface area contributed by atoms with Gasteiger partial charge >= 0.3 is 0 Å². The van der Waals surface area contributed by atoms with E-state index in [4.69, 9.17) is 0 Å². The zero-order chi connectivity index (χ0) is 15.2. The molecule has 0 radical (unpaired) electrons. The average Bonchev–Trinajstić information content (AvgIpc) is 2.61. The Balaban J connectivity index is 1.42. The standard InChI is InChI=1S/C20H34S2/c1-2-3-5-16-6-8-17(9-7-16)18-10-12-19(13-11-18)20-21-14-4-15-22-20/h16-18H,2-15H2,1H3. The van der Waals surface area contributed by atoms with E-state index in [1.165, 1.54) is 62.9 Å². The van der Waals surface area contributed by atoms with Crippen molar-refractivity contribution in [3.05, 3.63) is 9.81 Å². The fourth-order valence-corrected chi connectivity index (χ4v) is 7.52. The molecule has 3 rings (SSSR count). The Morgan fingerprint density at radius 3 is 2.14 bits per heavy atom. The van der Waals surface area contributed by atoms with Gasteiger partial charge in [-0.15, -0.1) is 23.5 Å². The molecule has 0 aromatic rings. The zero-order valence-electron chi connectivity index (χ0n) is 14.4. The molecule has 0 aromatic carbocycles. The highest BCUT2D eigenvalue weighted by molar-refractivity contribution is 8.22. The maximum atomic E-state index is 2.34. The van der Waals surface area contributed by atoms with Gasteiger partial charge in [-0.3, -0.25) is 0 Å². The lowest BCUT2D eigenvalue weighted by Crippen LogP contribution is -2.24. The normalized spacial score (nSPS) is 34.0. The summed E-state index contributed by atoms with van der Waals surface area (Å²) in [5.41, 5.74) is 1.84. The molecule has 1 heterocycles. The molecule has 1 saturated heterocycles. The fourth-order valence-electron chi connectivity index (χ4n) is 4.74. The van der Waals surface area contributed by atoms with E-state index in [2.05, 4.69) is 30.4 Å². The molecule has 22 heavy (non-hydrogen) atoms. The summed E-state index contributed by atoms with van der Waals surface area (Å²) in [5.74, 6) is 5.97. The molecule has 1 aliphatic heterocycles. The van der Waals surface area contributed by atoms with Gasteiger partial charge in [-0.05, 0) is 74.2 Å². The fraction of sp³-hybridized carbons (Fsp3) is 0.900. The molecule has 0 spiro atoms. The lowest BCUT2D eigenvalue weighted by atomic mass is 9.70. The number of unbranched alkanes of at least 4 members (excludes halogenated alkanes) is 1. The van der Waals surface area contributed by atoms with Crippen LogP contribution in [0, 0.1) is 17.8 Å². The molecule has 126 valence electrons. The minimum atomic E-state index is 1.06. The smallest absolute Gasteiger partial charge is 0.0392 e. The van der Waals surface area contributed by atoms with Gasteiger partial charge in [0, 0.05) is 4.24 Å². The van der Waals surface area contributed by atoms with E-state index in [1.807, 2.05) is 5.57 Å². The summed E-state index contributed by atoms with van der Waals surface area (Å²) in [5, 5.41) is 0. The molecule has 3 fully saturated rings. The van der Waals surface area contributed by atoms with Crippen LogP contribution in [-0.4, -0.2) is 11.5 Å². The third-order valence-corrected chi connectivity index (χ3v) is 9.00. The number of thioether (sulfide) groups is 2. The average molecular weight is 339 g/mol. The van der Waals surface area contributed by atoms with Crippen molar-refractivity contribution in [2.45, 2.75) is 84.0 Å². The van der Waals surface area contributed by atoms with Crippen LogP contribution in [0.5, 0.6) is 0 Å². The van der Waals surface area contributed by atoms with E-state index in [1.54, 1.807) is 29.9 Å². The van der Waals surface area contributed by atoms with E-state index in [0.717, 1.165) is 17.8 Å². The predicted molar refractivity (Wildman–Crippen MR) is 103 cm³/mol. The summed E-state index contributed by atoms with van der Waals surface area (Å²) in [6.07, 6.45) is 17.8. The van der Waals surface area contributed by atoms with Crippen LogP contribution >= 0.6 is 23.5 Å². The Morgan fingerprint density at radius 1 is 0.864 bits per heavy atom. The van der Waals surface area contributed by atoms with Gasteiger partial charge in [-0.1, -0.05) is 44.6 Å². The van der Waals surface area contributed by atoms with Gasteiger partial charge < -0.3 is 0 Å². The summed E-state index contributed by atoms with van der Waals surface area (Å²) in [7, 11) is 0. The van der Waals surface area contributed by atoms with Crippen LogP contribution in [0.4, 0.5) is 0 Å². The van der Waals surface area contributed by atoms with E-state index in [0.29, 0.717) is 0 Å². The van der Waals surface area contributed by atoms with Crippen LogP contribution in [0.15, 0.2) is 9.81 Å². The molecule has 3 aliphatic rings. The van der Waals surface area contributed by atoms with Gasteiger partial charge in [0.15, 0.2) is 0 Å². The Labute approximate surface area is 146 Å². The van der Waals surface area contributed by atoms with Gasteiger partial charge in [0.05, 0.1) is 0 Å². The van der Waals surface area contributed by atoms with Gasteiger partial charge in [0.1, 0.15) is 0 Å². The minimum Gasteiger partial charge on any atom is -0.119 e. The monoisotopic (exact) mass is 338 g/mol. The van der Waals surface area contributed by atoms with Gasteiger partial charge in [-0.2, -0.15) is 0 Å². The Bertz CT molecular complexity index is 348. The first kappa shape index (κ1) is 17.3. The molecule has 0 unspecified atom stereocenters. The van der Waals surface area contributed by atoms with Crippen LogP contribution < -0.4 is 0 Å². The molecule has 0 atom stereocenters. The lowest BCUT2D eigenvalue weighted by molar-refractivity contribution is 0.173. The van der Waals surface area contributed by atoms with Crippen LogP contribution in [0.2, 0.25) is 0 Å². The predicted octanol–water partition coefficient (Wildman–Crippen LogP) is 7.25. The molecule has 0 N–H and O–H groups in total. The van der Waals surface area contributed by atoms with Crippen LogP contribution in [0.25, 0.3) is 0 Å². The number of hydrogen-bond donors (Lipinski definition) is 0. The molecule has 2 aliphatic carbocycles. The second-order valence-electron chi connectivity index (χ2n) is 7.70. The number of hydrogen-bond acceptors (Lipinski definition) is 2. The van der Waals surface area contributed by atoms with Gasteiger partial charge in [0.2, 0.25) is 0 Å². The molecule has 0 amide bonds. The highest BCUT2D eigenvalue weighted by atomic mass is 32.2. The van der Waals surface area contributed by atoms with E-state index >= 15 is 0 Å². The summed E-state index contributed by atoms with van der Waals surface area (Å²) >= 11 is 4.31. The topological polar surface area (TPSA) is 0 Å². The summed E-state index contributed by atoms with van der Waals surface area (Å²) in [4.78, 5) is 0. The SMILES string of the molecule is CCCCC1CCC(C2CCC(=C3SCCCS3)CC2)CC1. The van der Waals surface area contributed by atoms with E-state index < -0.39 is 0 Å². The van der Waals surface area contributed by atoms with Crippen molar-refractivity contribution < 1.29 is 0 Å². The Morgan fingerprint density at radius 2 is 1.50 bits per heavy atom. The quantitative estimate of drug-likeness (QED) is 0.529. The molecule has 0 aromatic heterocycles. The summed E-state index contributed by atoms with van der Waals surface area (Å²) in [6.45, 7) is 2.34. The maximum Gasteiger partial charge on any atom is 0.0392 e. The van der Waals surface area contributed by atoms with Crippen molar-refractivity contribution in [3.63, 3.8) is 0 Å². The lowest BCUT2D eigenvalue weighted by Gasteiger charge is -2.37. The summed E-state index contributed by atoms with van der Waals surface area (Å²) < 4.78 is 1.73. The van der Waals surface area contributed by atoms with Crippen molar-refractivity contribution >= 4 is 23.5 Å². The van der Waals surface area contributed by atoms with Crippen molar-refractivity contribution in [1.29, 1.82) is 0 Å². The van der Waals surface area contributed by atoms with Crippen LogP contribution in [0.1, 0.15) is 84.0 Å².